The normalized spacial score (nSPS) is 13.7. The van der Waals surface area contributed by atoms with E-state index in [1.807, 2.05) is 48.5 Å². The molecule has 0 radical (unpaired) electrons. The van der Waals surface area contributed by atoms with Crippen molar-refractivity contribution in [2.75, 3.05) is 6.54 Å². The molecule has 37 heavy (non-hydrogen) atoms. The number of benzene rings is 3. The van der Waals surface area contributed by atoms with Gasteiger partial charge in [-0.15, -0.1) is 11.3 Å². The van der Waals surface area contributed by atoms with E-state index in [2.05, 4.69) is 29.2 Å². The van der Waals surface area contributed by atoms with E-state index >= 15 is 0 Å². The van der Waals surface area contributed by atoms with Gasteiger partial charge in [-0.2, -0.15) is 0 Å². The quantitative estimate of drug-likeness (QED) is 0.157. The molecule has 0 aliphatic carbocycles. The van der Waals surface area contributed by atoms with E-state index in [4.69, 9.17) is 28.2 Å². The summed E-state index contributed by atoms with van der Waals surface area (Å²) in [5.41, 5.74) is 4.22. The first-order valence-electron chi connectivity index (χ1n) is 12.0. The summed E-state index contributed by atoms with van der Waals surface area (Å²) in [5.74, 6) is 0.580. The zero-order chi connectivity index (χ0) is 25.4. The lowest BCUT2D eigenvalue weighted by Gasteiger charge is -2.26. The van der Waals surface area contributed by atoms with Crippen molar-refractivity contribution in [3.63, 3.8) is 0 Å². The molecule has 0 N–H and O–H groups in total. The maximum absolute atomic E-state index is 14.0. The molecule has 0 bridgehead atoms. The fourth-order valence-corrected chi connectivity index (χ4v) is 7.61. The SMILES string of the molecule is O=c1c2c3c(sc2nc(SCc2ccc(Cl)cc2Cl)n1-c1ccccc1)CN(Cc1ccccc1)CC3. The molecule has 0 spiro atoms. The lowest BCUT2D eigenvalue weighted by molar-refractivity contribution is 0.249. The average molecular weight is 565 g/mol. The van der Waals surface area contributed by atoms with Crippen molar-refractivity contribution in [2.45, 2.75) is 30.4 Å². The number of para-hydroxylation sites is 1. The number of thioether (sulfide) groups is 1. The van der Waals surface area contributed by atoms with Crippen molar-refractivity contribution in [2.24, 2.45) is 0 Å². The molecule has 4 nitrogen and oxygen atoms in total. The molecule has 0 amide bonds. The first kappa shape index (κ1) is 24.7. The number of rotatable bonds is 6. The molecule has 1 aliphatic rings. The van der Waals surface area contributed by atoms with E-state index < -0.39 is 0 Å². The van der Waals surface area contributed by atoms with Gasteiger partial charge in [0.1, 0.15) is 4.83 Å². The zero-order valence-corrected chi connectivity index (χ0v) is 23.0. The minimum absolute atomic E-state index is 0.00471. The van der Waals surface area contributed by atoms with Crippen molar-refractivity contribution in [1.29, 1.82) is 0 Å². The topological polar surface area (TPSA) is 38.1 Å². The van der Waals surface area contributed by atoms with E-state index in [-0.39, 0.29) is 5.56 Å². The Morgan fingerprint density at radius 3 is 2.49 bits per heavy atom. The highest BCUT2D eigenvalue weighted by molar-refractivity contribution is 7.98. The molecule has 3 aromatic carbocycles. The maximum Gasteiger partial charge on any atom is 0.267 e. The Morgan fingerprint density at radius 1 is 0.973 bits per heavy atom. The van der Waals surface area contributed by atoms with Crippen LogP contribution < -0.4 is 5.56 Å². The third-order valence-electron chi connectivity index (χ3n) is 6.56. The summed E-state index contributed by atoms with van der Waals surface area (Å²) in [4.78, 5) is 23.6. The van der Waals surface area contributed by atoms with Gasteiger partial charge in [-0.25, -0.2) is 4.98 Å². The predicted molar refractivity (Wildman–Crippen MR) is 155 cm³/mol. The Kier molecular flexibility index (Phi) is 7.10. The van der Waals surface area contributed by atoms with Gasteiger partial charge in [0.15, 0.2) is 5.16 Å². The number of nitrogens with zero attached hydrogens (tertiary/aromatic N) is 3. The second kappa shape index (κ2) is 10.6. The van der Waals surface area contributed by atoms with E-state index in [9.17, 15) is 4.79 Å². The van der Waals surface area contributed by atoms with Crippen molar-refractivity contribution >= 4 is 56.5 Å². The Labute approximate surface area is 233 Å². The van der Waals surface area contributed by atoms with Gasteiger partial charge in [0.25, 0.3) is 5.56 Å². The van der Waals surface area contributed by atoms with E-state index in [1.54, 1.807) is 22.0 Å². The van der Waals surface area contributed by atoms with Crippen LogP contribution in [0.25, 0.3) is 15.9 Å². The van der Waals surface area contributed by atoms with Gasteiger partial charge in [-0.3, -0.25) is 14.3 Å². The smallest absolute Gasteiger partial charge is 0.267 e. The van der Waals surface area contributed by atoms with Crippen LogP contribution in [-0.2, 0) is 25.3 Å². The van der Waals surface area contributed by atoms with Crippen LogP contribution in [0.4, 0.5) is 0 Å². The van der Waals surface area contributed by atoms with Gasteiger partial charge >= 0.3 is 0 Å². The van der Waals surface area contributed by atoms with E-state index in [1.165, 1.54) is 22.2 Å². The highest BCUT2D eigenvalue weighted by Crippen LogP contribution is 2.36. The van der Waals surface area contributed by atoms with Crippen LogP contribution in [0.2, 0.25) is 10.0 Å². The van der Waals surface area contributed by atoms with Crippen LogP contribution in [0, 0.1) is 0 Å². The fraction of sp³-hybridized carbons (Fsp3) is 0.172. The number of hydrogen-bond donors (Lipinski definition) is 0. The number of thiophene rings is 1. The zero-order valence-electron chi connectivity index (χ0n) is 19.9. The van der Waals surface area contributed by atoms with E-state index in [0.717, 1.165) is 53.1 Å². The highest BCUT2D eigenvalue weighted by atomic mass is 35.5. The Morgan fingerprint density at radius 2 is 1.73 bits per heavy atom. The maximum atomic E-state index is 14.0. The van der Waals surface area contributed by atoms with Crippen molar-refractivity contribution in [3.05, 3.63) is 121 Å². The minimum atomic E-state index is -0.00471. The van der Waals surface area contributed by atoms with Crippen LogP contribution in [0.5, 0.6) is 0 Å². The summed E-state index contributed by atoms with van der Waals surface area (Å²) >= 11 is 15.7. The van der Waals surface area contributed by atoms with Gasteiger partial charge in [0.05, 0.1) is 11.1 Å². The minimum Gasteiger partial charge on any atom is -0.294 e. The van der Waals surface area contributed by atoms with Crippen molar-refractivity contribution < 1.29 is 0 Å². The molecule has 8 heteroatoms. The molecule has 0 fully saturated rings. The summed E-state index contributed by atoms with van der Waals surface area (Å²) in [6.07, 6.45) is 0.848. The molecule has 3 heterocycles. The third-order valence-corrected chi connectivity index (χ3v) is 9.24. The molecule has 0 atom stereocenters. The summed E-state index contributed by atoms with van der Waals surface area (Å²) in [7, 11) is 0. The highest BCUT2D eigenvalue weighted by Gasteiger charge is 2.26. The number of halogens is 2. The van der Waals surface area contributed by atoms with Crippen LogP contribution in [0.1, 0.15) is 21.6 Å². The molecular formula is C29H23Cl2N3OS2. The fourth-order valence-electron chi connectivity index (χ4n) is 4.74. The standard InChI is InChI=1S/C29H23Cl2N3OS2/c30-21-12-11-20(24(31)15-21)18-36-29-32-27-26(28(35)34(29)22-9-5-2-6-10-22)23-13-14-33(17-25(23)37-27)16-19-7-3-1-4-8-19/h1-12,15H,13-14,16-18H2. The second-order valence-corrected chi connectivity index (χ2v) is 11.9. The predicted octanol–water partition coefficient (Wildman–Crippen LogP) is 7.60. The van der Waals surface area contributed by atoms with Crippen LogP contribution in [-0.4, -0.2) is 21.0 Å². The summed E-state index contributed by atoms with van der Waals surface area (Å²) in [6, 6.07) is 25.8. The van der Waals surface area contributed by atoms with E-state index in [0.29, 0.717) is 21.0 Å². The van der Waals surface area contributed by atoms with Crippen molar-refractivity contribution in [3.8, 4) is 5.69 Å². The molecule has 6 rings (SSSR count). The van der Waals surface area contributed by atoms with Gasteiger partial charge in [-0.05, 0) is 47.4 Å². The summed E-state index contributed by atoms with van der Waals surface area (Å²) in [5, 5.41) is 2.64. The number of aromatic nitrogens is 2. The third kappa shape index (κ3) is 5.09. The molecule has 0 unspecified atom stereocenters. The molecule has 0 saturated heterocycles. The molecule has 2 aromatic heterocycles. The van der Waals surface area contributed by atoms with Gasteiger partial charge in [0, 0.05) is 40.3 Å². The lowest BCUT2D eigenvalue weighted by atomic mass is 10.0. The van der Waals surface area contributed by atoms with Gasteiger partial charge in [0.2, 0.25) is 0 Å². The Hall–Kier alpha value is -2.61. The van der Waals surface area contributed by atoms with Crippen LogP contribution >= 0.6 is 46.3 Å². The van der Waals surface area contributed by atoms with Gasteiger partial charge < -0.3 is 0 Å². The van der Waals surface area contributed by atoms with Crippen LogP contribution in [0.15, 0.2) is 88.8 Å². The number of hydrogen-bond acceptors (Lipinski definition) is 5. The summed E-state index contributed by atoms with van der Waals surface area (Å²) in [6.45, 7) is 2.65. The molecule has 186 valence electrons. The van der Waals surface area contributed by atoms with Crippen molar-refractivity contribution in [1.82, 2.24) is 14.5 Å². The Balaban J connectivity index is 1.39. The Bertz CT molecular complexity index is 1630. The second-order valence-electron chi connectivity index (χ2n) is 9.03. The van der Waals surface area contributed by atoms with Crippen LogP contribution in [0.3, 0.4) is 0 Å². The molecule has 0 saturated carbocycles. The average Bonchev–Trinajstić information content (AvgIpc) is 3.27. The summed E-state index contributed by atoms with van der Waals surface area (Å²) < 4.78 is 1.75. The number of fused-ring (bicyclic) bond motifs is 3. The van der Waals surface area contributed by atoms with Gasteiger partial charge in [-0.1, -0.05) is 89.6 Å². The first-order valence-corrected chi connectivity index (χ1v) is 14.6. The first-order chi connectivity index (χ1) is 18.1. The molecular weight excluding hydrogens is 541 g/mol. The monoisotopic (exact) mass is 563 g/mol. The molecule has 5 aromatic rings. The molecule has 1 aliphatic heterocycles. The largest absolute Gasteiger partial charge is 0.294 e. The lowest BCUT2D eigenvalue weighted by Crippen LogP contribution is -2.30.